The predicted octanol–water partition coefficient (Wildman–Crippen LogP) is 1.79. The van der Waals surface area contributed by atoms with Gasteiger partial charge in [-0.25, -0.2) is 9.59 Å². The Balaban J connectivity index is 2.34. The Labute approximate surface area is 161 Å². The molecule has 2 rings (SSSR count). The molecule has 1 saturated heterocycles. The fourth-order valence-corrected chi connectivity index (χ4v) is 2.87. The number of rotatable bonds is 8. The van der Waals surface area contributed by atoms with Gasteiger partial charge in [0.15, 0.2) is 0 Å². The van der Waals surface area contributed by atoms with E-state index in [4.69, 9.17) is 9.47 Å². The highest BCUT2D eigenvalue weighted by molar-refractivity contribution is 6.32. The fraction of sp³-hybridized carbons (Fsp3) is 0.500. The summed E-state index contributed by atoms with van der Waals surface area (Å²) in [5, 5.41) is 13.8. The van der Waals surface area contributed by atoms with Crippen LogP contribution in [0.3, 0.4) is 0 Å². The molecule has 0 aromatic heterocycles. The number of carbonyl (C=O) groups excluding carboxylic acids is 3. The van der Waals surface area contributed by atoms with Crippen LogP contribution >= 0.6 is 0 Å². The van der Waals surface area contributed by atoms with Crippen LogP contribution in [0.2, 0.25) is 0 Å². The average molecular weight is 393 g/mol. The fourth-order valence-electron chi connectivity index (χ4n) is 2.87. The van der Waals surface area contributed by atoms with Gasteiger partial charge in [0.2, 0.25) is 0 Å². The van der Waals surface area contributed by atoms with Crippen LogP contribution in [0.5, 0.6) is 0 Å². The number of nitrogens with one attached hydrogen (secondary N) is 1. The molecule has 0 unspecified atom stereocenters. The standard InChI is InChI=1S/C18H23N3O7/c1-5-20(6-2)10-18(27-15(22)16(23)28-18)17(24)19-12-7-8-13(11(3)4)14(9-12)21(25)26/h7-9,11H,5-6,10H2,1-4H3,(H,19,24). The minimum Gasteiger partial charge on any atom is -0.403 e. The van der Waals surface area contributed by atoms with E-state index < -0.39 is 28.6 Å². The quantitative estimate of drug-likeness (QED) is 0.306. The lowest BCUT2D eigenvalue weighted by atomic mass is 10.0. The molecule has 1 N–H and O–H groups in total. The largest absolute Gasteiger partial charge is 0.421 e. The SMILES string of the molecule is CCN(CC)CC1(C(=O)Nc2ccc(C(C)C)c([N+](=O)[O-])c2)OC(=O)C(=O)O1. The van der Waals surface area contributed by atoms with Crippen molar-refractivity contribution in [2.45, 2.75) is 39.4 Å². The number of ether oxygens (including phenoxy) is 2. The summed E-state index contributed by atoms with van der Waals surface area (Å²) >= 11 is 0. The second-order valence-electron chi connectivity index (χ2n) is 6.63. The molecule has 0 aliphatic carbocycles. The number of nitro groups is 1. The summed E-state index contributed by atoms with van der Waals surface area (Å²) in [5.41, 5.74) is 0.490. The van der Waals surface area contributed by atoms with E-state index in [0.29, 0.717) is 18.7 Å². The molecule has 28 heavy (non-hydrogen) atoms. The molecule has 0 spiro atoms. The molecule has 1 aliphatic rings. The van der Waals surface area contributed by atoms with E-state index in [1.54, 1.807) is 11.0 Å². The van der Waals surface area contributed by atoms with Crippen molar-refractivity contribution in [2.75, 3.05) is 25.0 Å². The topological polar surface area (TPSA) is 128 Å². The molecule has 0 saturated carbocycles. The molecule has 0 radical (unpaired) electrons. The van der Waals surface area contributed by atoms with Crippen LogP contribution in [0.25, 0.3) is 0 Å². The Morgan fingerprint density at radius 3 is 2.25 bits per heavy atom. The van der Waals surface area contributed by atoms with Crippen LogP contribution in [-0.4, -0.2) is 53.1 Å². The minimum atomic E-state index is -2.15. The number of anilines is 1. The second kappa shape index (κ2) is 8.34. The van der Waals surface area contributed by atoms with Crippen molar-refractivity contribution in [3.05, 3.63) is 33.9 Å². The smallest absolute Gasteiger partial charge is 0.403 e. The van der Waals surface area contributed by atoms with Crippen molar-refractivity contribution in [2.24, 2.45) is 0 Å². The number of hydrogen-bond acceptors (Lipinski definition) is 8. The number of likely N-dealkylation sites (N-methyl/N-ethyl adjacent to an activating group) is 1. The lowest BCUT2D eigenvalue weighted by Crippen LogP contribution is -2.53. The van der Waals surface area contributed by atoms with Gasteiger partial charge in [-0.1, -0.05) is 27.7 Å². The molecule has 1 amide bonds. The number of benzene rings is 1. The van der Waals surface area contributed by atoms with Crippen LogP contribution in [0, 0.1) is 10.1 Å². The molecule has 1 heterocycles. The van der Waals surface area contributed by atoms with E-state index in [0.717, 1.165) is 0 Å². The molecule has 1 aliphatic heterocycles. The van der Waals surface area contributed by atoms with Crippen molar-refractivity contribution in [3.8, 4) is 0 Å². The number of carbonyl (C=O) groups is 3. The first kappa shape index (κ1) is 21.3. The summed E-state index contributed by atoms with van der Waals surface area (Å²) < 4.78 is 9.94. The summed E-state index contributed by atoms with van der Waals surface area (Å²) in [4.78, 5) is 48.5. The molecular formula is C18H23N3O7. The number of nitro benzene ring substituents is 1. The van der Waals surface area contributed by atoms with E-state index in [9.17, 15) is 24.5 Å². The van der Waals surface area contributed by atoms with Crippen molar-refractivity contribution < 1.29 is 28.8 Å². The van der Waals surface area contributed by atoms with Crippen LogP contribution in [0.15, 0.2) is 18.2 Å². The zero-order valence-electron chi connectivity index (χ0n) is 16.2. The van der Waals surface area contributed by atoms with Gasteiger partial charge >= 0.3 is 23.6 Å². The van der Waals surface area contributed by atoms with Gasteiger partial charge in [0, 0.05) is 17.3 Å². The maximum Gasteiger partial charge on any atom is 0.421 e. The van der Waals surface area contributed by atoms with E-state index in [-0.39, 0.29) is 23.8 Å². The molecule has 1 fully saturated rings. The summed E-state index contributed by atoms with van der Waals surface area (Å²) in [6, 6.07) is 4.27. The number of amides is 1. The number of cyclic esters (lactones) is 2. The van der Waals surface area contributed by atoms with Crippen LogP contribution in [-0.2, 0) is 23.9 Å². The lowest BCUT2D eigenvalue weighted by Gasteiger charge is -2.29. The van der Waals surface area contributed by atoms with Crippen molar-refractivity contribution in [1.29, 1.82) is 0 Å². The third-order valence-corrected chi connectivity index (χ3v) is 4.46. The summed E-state index contributed by atoms with van der Waals surface area (Å²) in [5.74, 6) is -5.65. The van der Waals surface area contributed by atoms with Gasteiger partial charge < -0.3 is 14.8 Å². The normalized spacial score (nSPS) is 15.5. The van der Waals surface area contributed by atoms with Crippen molar-refractivity contribution >= 4 is 29.2 Å². The third-order valence-electron chi connectivity index (χ3n) is 4.46. The maximum atomic E-state index is 12.8. The van der Waals surface area contributed by atoms with Crippen LogP contribution < -0.4 is 5.32 Å². The molecule has 10 nitrogen and oxygen atoms in total. The third kappa shape index (κ3) is 4.28. The van der Waals surface area contributed by atoms with Gasteiger partial charge in [0.1, 0.15) is 0 Å². The molecule has 1 aromatic carbocycles. The highest BCUT2D eigenvalue weighted by atomic mass is 16.8. The Hall–Kier alpha value is -3.01. The van der Waals surface area contributed by atoms with Crippen LogP contribution in [0.4, 0.5) is 11.4 Å². The van der Waals surface area contributed by atoms with Gasteiger partial charge in [-0.2, -0.15) is 0 Å². The lowest BCUT2D eigenvalue weighted by molar-refractivity contribution is -0.385. The Kier molecular flexibility index (Phi) is 6.34. The summed E-state index contributed by atoms with van der Waals surface area (Å²) in [6.07, 6.45) is 0. The summed E-state index contributed by atoms with van der Waals surface area (Å²) in [6.45, 7) is 8.19. The first-order valence-electron chi connectivity index (χ1n) is 8.92. The maximum absolute atomic E-state index is 12.8. The molecule has 0 bridgehead atoms. The Morgan fingerprint density at radius 1 is 1.21 bits per heavy atom. The van der Waals surface area contributed by atoms with E-state index in [1.165, 1.54) is 12.1 Å². The summed E-state index contributed by atoms with van der Waals surface area (Å²) in [7, 11) is 0. The number of nitrogens with zero attached hydrogens (tertiary/aromatic N) is 2. The van der Waals surface area contributed by atoms with Crippen molar-refractivity contribution in [3.63, 3.8) is 0 Å². The second-order valence-corrected chi connectivity index (χ2v) is 6.63. The van der Waals surface area contributed by atoms with E-state index >= 15 is 0 Å². The molecule has 1 aromatic rings. The first-order chi connectivity index (χ1) is 13.1. The number of esters is 2. The number of hydrogen-bond donors (Lipinski definition) is 1. The van der Waals surface area contributed by atoms with E-state index in [2.05, 4.69) is 5.32 Å². The van der Waals surface area contributed by atoms with Crippen LogP contribution in [0.1, 0.15) is 39.2 Å². The van der Waals surface area contributed by atoms with E-state index in [1.807, 2.05) is 27.7 Å². The molecule has 152 valence electrons. The van der Waals surface area contributed by atoms with Crippen molar-refractivity contribution in [1.82, 2.24) is 4.90 Å². The highest BCUT2D eigenvalue weighted by Crippen LogP contribution is 2.30. The monoisotopic (exact) mass is 393 g/mol. The molecule has 10 heteroatoms. The zero-order valence-corrected chi connectivity index (χ0v) is 16.2. The Bertz CT molecular complexity index is 786. The Morgan fingerprint density at radius 2 is 1.79 bits per heavy atom. The highest BCUT2D eigenvalue weighted by Gasteiger charge is 2.55. The predicted molar refractivity (Wildman–Crippen MR) is 98.5 cm³/mol. The molecular weight excluding hydrogens is 370 g/mol. The van der Waals surface area contributed by atoms with Gasteiger partial charge in [-0.3, -0.25) is 19.8 Å². The average Bonchev–Trinajstić information content (AvgIpc) is 2.94. The van der Waals surface area contributed by atoms with Gasteiger partial charge in [-0.15, -0.1) is 0 Å². The van der Waals surface area contributed by atoms with Gasteiger partial charge in [-0.05, 0) is 31.1 Å². The zero-order chi connectivity index (χ0) is 21.1. The van der Waals surface area contributed by atoms with Gasteiger partial charge in [0.05, 0.1) is 11.5 Å². The first-order valence-corrected chi connectivity index (χ1v) is 8.92. The minimum absolute atomic E-state index is 0.0871. The van der Waals surface area contributed by atoms with Gasteiger partial charge in [0.25, 0.3) is 5.69 Å². The molecule has 0 atom stereocenters.